The Bertz CT molecular complexity index is 846. The van der Waals surface area contributed by atoms with Crippen molar-refractivity contribution in [2.24, 2.45) is 10.7 Å². The van der Waals surface area contributed by atoms with E-state index in [2.05, 4.69) is 16.4 Å². The Morgan fingerprint density at radius 1 is 1.15 bits per heavy atom. The van der Waals surface area contributed by atoms with Crippen LogP contribution in [-0.4, -0.2) is 32.8 Å². The van der Waals surface area contributed by atoms with Gasteiger partial charge < -0.3 is 25.3 Å². The number of para-hydroxylation sites is 1. The lowest BCUT2D eigenvalue weighted by atomic mass is 9.95. The van der Waals surface area contributed by atoms with Crippen molar-refractivity contribution in [3.8, 4) is 17.2 Å². The van der Waals surface area contributed by atoms with E-state index < -0.39 is 0 Å². The number of rotatable bonds is 5. The summed E-state index contributed by atoms with van der Waals surface area (Å²) in [4.78, 5) is 4.59. The molecule has 2 aliphatic rings. The topological polar surface area (TPSA) is 78.1 Å². The lowest BCUT2D eigenvalue weighted by Gasteiger charge is -2.17. The van der Waals surface area contributed by atoms with Crippen LogP contribution in [0.5, 0.6) is 17.2 Å². The van der Waals surface area contributed by atoms with Crippen molar-refractivity contribution in [2.75, 3.05) is 32.2 Å². The maximum Gasteiger partial charge on any atom is 0.193 e. The predicted molar refractivity (Wildman–Crippen MR) is 106 cm³/mol. The molecule has 0 aromatic heterocycles. The number of methoxy groups -OCH3 is 1. The summed E-state index contributed by atoms with van der Waals surface area (Å²) in [5.74, 6) is 2.81. The summed E-state index contributed by atoms with van der Waals surface area (Å²) >= 11 is 0. The fourth-order valence-corrected chi connectivity index (χ4v) is 3.41. The van der Waals surface area contributed by atoms with Crippen LogP contribution in [0.3, 0.4) is 0 Å². The third-order valence-corrected chi connectivity index (χ3v) is 5.10. The molecule has 27 heavy (non-hydrogen) atoms. The fourth-order valence-electron chi connectivity index (χ4n) is 3.41. The van der Waals surface area contributed by atoms with Gasteiger partial charge in [0, 0.05) is 29.2 Å². The maximum absolute atomic E-state index is 6.13. The minimum absolute atomic E-state index is 0.0314. The minimum Gasteiger partial charge on any atom is -0.496 e. The Balaban J connectivity index is 1.45. The number of aliphatic imine (C=N–C) groups is 1. The molecule has 6 nitrogen and oxygen atoms in total. The van der Waals surface area contributed by atoms with Gasteiger partial charge in [0.15, 0.2) is 17.5 Å². The molecule has 6 heteroatoms. The van der Waals surface area contributed by atoms with Crippen molar-refractivity contribution >= 4 is 11.6 Å². The van der Waals surface area contributed by atoms with E-state index in [9.17, 15) is 0 Å². The first-order chi connectivity index (χ1) is 13.2. The summed E-state index contributed by atoms with van der Waals surface area (Å²) in [6, 6.07) is 13.9. The van der Waals surface area contributed by atoms with Gasteiger partial charge in [0.05, 0.1) is 26.9 Å². The van der Waals surface area contributed by atoms with Crippen molar-refractivity contribution in [1.82, 2.24) is 0 Å². The second kappa shape index (κ2) is 7.39. The summed E-state index contributed by atoms with van der Waals surface area (Å²) in [7, 11) is 1.71. The molecule has 2 aromatic rings. The zero-order valence-corrected chi connectivity index (χ0v) is 15.5. The Morgan fingerprint density at radius 2 is 1.93 bits per heavy atom. The summed E-state index contributed by atoms with van der Waals surface area (Å²) in [5.41, 5.74) is 8.21. The summed E-state index contributed by atoms with van der Waals surface area (Å²) in [6.07, 6.45) is 3.06. The molecule has 0 saturated heterocycles. The maximum atomic E-state index is 6.13. The number of nitrogens with one attached hydrogen (secondary N) is 1. The molecule has 1 aliphatic carbocycles. The van der Waals surface area contributed by atoms with E-state index in [-0.39, 0.29) is 5.41 Å². The number of anilines is 1. The first-order valence-electron chi connectivity index (χ1n) is 9.30. The van der Waals surface area contributed by atoms with Gasteiger partial charge in [-0.3, -0.25) is 4.99 Å². The van der Waals surface area contributed by atoms with Gasteiger partial charge in [0.2, 0.25) is 0 Å². The van der Waals surface area contributed by atoms with Crippen LogP contribution in [-0.2, 0) is 5.41 Å². The highest BCUT2D eigenvalue weighted by Crippen LogP contribution is 2.51. The Kier molecular flexibility index (Phi) is 4.79. The first-order valence-corrected chi connectivity index (χ1v) is 9.30. The molecule has 1 heterocycles. The number of nitrogens with zero attached hydrogens (tertiary/aromatic N) is 1. The lowest BCUT2D eigenvalue weighted by molar-refractivity contribution is 0.297. The number of hydrogen-bond acceptors (Lipinski definition) is 4. The molecule has 1 saturated carbocycles. The molecule has 0 amide bonds. The van der Waals surface area contributed by atoms with Gasteiger partial charge in [0.1, 0.15) is 5.75 Å². The number of guanidine groups is 1. The van der Waals surface area contributed by atoms with Gasteiger partial charge in [-0.25, -0.2) is 0 Å². The van der Waals surface area contributed by atoms with Gasteiger partial charge in [-0.1, -0.05) is 18.2 Å². The SMILES string of the molecule is COc1ccccc1C1(CN=C(N)Nc2ccc3c(c2)OCCCO3)CC1. The highest BCUT2D eigenvalue weighted by molar-refractivity contribution is 5.92. The van der Waals surface area contributed by atoms with Gasteiger partial charge in [0.25, 0.3) is 0 Å². The minimum atomic E-state index is 0.0314. The molecule has 2 aromatic carbocycles. The molecule has 1 aliphatic heterocycles. The molecule has 3 N–H and O–H groups in total. The molecule has 0 spiro atoms. The molecular formula is C21H25N3O3. The Hall–Kier alpha value is -2.89. The molecule has 0 atom stereocenters. The van der Waals surface area contributed by atoms with Crippen LogP contribution in [0, 0.1) is 0 Å². The number of hydrogen-bond donors (Lipinski definition) is 2. The fraction of sp³-hybridized carbons (Fsp3) is 0.381. The average Bonchev–Trinajstić information content (AvgIpc) is 3.51. The van der Waals surface area contributed by atoms with Crippen LogP contribution in [0.25, 0.3) is 0 Å². The van der Waals surface area contributed by atoms with Gasteiger partial charge in [-0.15, -0.1) is 0 Å². The second-order valence-electron chi connectivity index (χ2n) is 7.02. The van der Waals surface area contributed by atoms with E-state index >= 15 is 0 Å². The highest BCUT2D eigenvalue weighted by atomic mass is 16.5. The zero-order chi connectivity index (χ0) is 18.7. The van der Waals surface area contributed by atoms with Gasteiger partial charge in [-0.2, -0.15) is 0 Å². The molecular weight excluding hydrogens is 342 g/mol. The van der Waals surface area contributed by atoms with Crippen LogP contribution in [0.2, 0.25) is 0 Å². The molecule has 0 radical (unpaired) electrons. The number of ether oxygens (including phenoxy) is 3. The van der Waals surface area contributed by atoms with Crippen molar-refractivity contribution in [3.05, 3.63) is 48.0 Å². The van der Waals surface area contributed by atoms with E-state index in [4.69, 9.17) is 19.9 Å². The molecule has 142 valence electrons. The quantitative estimate of drug-likeness (QED) is 0.626. The summed E-state index contributed by atoms with van der Waals surface area (Å²) < 4.78 is 16.9. The Labute approximate surface area is 159 Å². The van der Waals surface area contributed by atoms with Crippen molar-refractivity contribution in [3.63, 3.8) is 0 Å². The van der Waals surface area contributed by atoms with Gasteiger partial charge in [-0.05, 0) is 31.0 Å². The third-order valence-electron chi connectivity index (χ3n) is 5.10. The van der Waals surface area contributed by atoms with Crippen LogP contribution >= 0.6 is 0 Å². The monoisotopic (exact) mass is 367 g/mol. The van der Waals surface area contributed by atoms with E-state index in [0.717, 1.165) is 42.2 Å². The number of fused-ring (bicyclic) bond motifs is 1. The standard InChI is InChI=1S/C21H25N3O3/c1-25-17-6-3-2-5-16(17)21(9-10-21)14-23-20(22)24-15-7-8-18-19(13-15)27-12-4-11-26-18/h2-3,5-8,13H,4,9-12,14H2,1H3,(H3,22,23,24). The average molecular weight is 367 g/mol. The smallest absolute Gasteiger partial charge is 0.193 e. The first kappa shape index (κ1) is 17.5. The van der Waals surface area contributed by atoms with Crippen molar-refractivity contribution < 1.29 is 14.2 Å². The Morgan fingerprint density at radius 3 is 2.70 bits per heavy atom. The summed E-state index contributed by atoms with van der Waals surface area (Å²) in [5, 5.41) is 3.15. The van der Waals surface area contributed by atoms with Crippen LogP contribution in [0.1, 0.15) is 24.8 Å². The van der Waals surface area contributed by atoms with Crippen molar-refractivity contribution in [1.29, 1.82) is 0 Å². The van der Waals surface area contributed by atoms with Crippen LogP contribution in [0.4, 0.5) is 5.69 Å². The molecule has 4 rings (SSSR count). The third kappa shape index (κ3) is 3.79. The number of benzene rings is 2. The largest absolute Gasteiger partial charge is 0.496 e. The normalized spacial score (nSPS) is 17.7. The van der Waals surface area contributed by atoms with E-state index in [1.54, 1.807) is 7.11 Å². The molecule has 1 fully saturated rings. The van der Waals surface area contributed by atoms with E-state index in [1.807, 2.05) is 36.4 Å². The van der Waals surface area contributed by atoms with Crippen LogP contribution in [0.15, 0.2) is 47.5 Å². The lowest BCUT2D eigenvalue weighted by Crippen LogP contribution is -2.25. The second-order valence-corrected chi connectivity index (χ2v) is 7.02. The van der Waals surface area contributed by atoms with Gasteiger partial charge >= 0.3 is 0 Å². The van der Waals surface area contributed by atoms with Crippen molar-refractivity contribution in [2.45, 2.75) is 24.7 Å². The molecule has 0 unspecified atom stereocenters. The highest BCUT2D eigenvalue weighted by Gasteiger charge is 2.45. The predicted octanol–water partition coefficient (Wildman–Crippen LogP) is 3.31. The summed E-state index contributed by atoms with van der Waals surface area (Å²) in [6.45, 7) is 1.96. The van der Waals surface area contributed by atoms with E-state index in [1.165, 1.54) is 5.56 Å². The molecule has 0 bridgehead atoms. The van der Waals surface area contributed by atoms with E-state index in [0.29, 0.717) is 25.7 Å². The van der Waals surface area contributed by atoms with Crippen LogP contribution < -0.4 is 25.3 Å². The zero-order valence-electron chi connectivity index (χ0n) is 15.5. The number of nitrogens with two attached hydrogens (primary N) is 1.